The van der Waals surface area contributed by atoms with E-state index in [-0.39, 0.29) is 5.83 Å². The summed E-state index contributed by atoms with van der Waals surface area (Å²) < 4.78 is 13.1. The molecule has 1 aliphatic carbocycles. The van der Waals surface area contributed by atoms with E-state index >= 15 is 0 Å². The Morgan fingerprint density at radius 2 is 2.36 bits per heavy atom. The largest absolute Gasteiger partial charge is 0.207 e. The Labute approximate surface area is 83.4 Å². The van der Waals surface area contributed by atoms with Crippen molar-refractivity contribution >= 4 is 0 Å². The van der Waals surface area contributed by atoms with Crippen molar-refractivity contribution in [3.8, 4) is 0 Å². The van der Waals surface area contributed by atoms with Gasteiger partial charge in [0.2, 0.25) is 0 Å². The van der Waals surface area contributed by atoms with Crippen LogP contribution in [0.5, 0.6) is 0 Å². The zero-order chi connectivity index (χ0) is 10.4. The molecule has 1 aliphatic rings. The van der Waals surface area contributed by atoms with Gasteiger partial charge in [-0.1, -0.05) is 12.2 Å². The van der Waals surface area contributed by atoms with Crippen molar-refractivity contribution in [3.63, 3.8) is 0 Å². The van der Waals surface area contributed by atoms with Gasteiger partial charge < -0.3 is 0 Å². The normalized spacial score (nSPS) is 20.1. The van der Waals surface area contributed by atoms with Crippen molar-refractivity contribution < 1.29 is 14.7 Å². The molecule has 2 nitrogen and oxygen atoms in total. The van der Waals surface area contributed by atoms with Crippen LogP contribution in [-0.4, -0.2) is 7.11 Å². The summed E-state index contributed by atoms with van der Waals surface area (Å²) in [6.45, 7) is 1.77. The summed E-state index contributed by atoms with van der Waals surface area (Å²) in [5.74, 6) is -0.147. The number of halogens is 1. The van der Waals surface area contributed by atoms with Crippen molar-refractivity contribution in [3.05, 3.63) is 47.5 Å². The fraction of sp³-hybridized carbons (Fsp3) is 0.273. The number of allylic oxidation sites excluding steroid dienone is 7. The maximum atomic E-state index is 13.1. The van der Waals surface area contributed by atoms with Crippen LogP contribution in [0.25, 0.3) is 0 Å². The molecular formula is C11H15FNO+. The molecule has 0 aromatic heterocycles. The van der Waals surface area contributed by atoms with Crippen LogP contribution >= 0.6 is 0 Å². The molecule has 0 unspecified atom stereocenters. The van der Waals surface area contributed by atoms with Gasteiger partial charge in [-0.25, -0.2) is 9.23 Å². The van der Waals surface area contributed by atoms with Crippen molar-refractivity contribution in [1.82, 2.24) is 0 Å². The molecule has 0 spiro atoms. The van der Waals surface area contributed by atoms with E-state index in [1.54, 1.807) is 31.8 Å². The van der Waals surface area contributed by atoms with Crippen LogP contribution in [0.15, 0.2) is 47.5 Å². The van der Waals surface area contributed by atoms with Gasteiger partial charge in [0.05, 0.1) is 7.11 Å². The van der Waals surface area contributed by atoms with Crippen molar-refractivity contribution in [1.29, 1.82) is 0 Å². The average Bonchev–Trinajstić information content (AvgIpc) is 2.18. The molecule has 0 aromatic rings. The second-order valence-electron chi connectivity index (χ2n) is 3.08. The smallest absolute Gasteiger partial charge is 0.126 e. The van der Waals surface area contributed by atoms with Crippen molar-refractivity contribution in [2.75, 3.05) is 7.11 Å². The van der Waals surface area contributed by atoms with Crippen LogP contribution in [0.3, 0.4) is 0 Å². The van der Waals surface area contributed by atoms with Crippen LogP contribution in [0, 0.1) is 0 Å². The summed E-state index contributed by atoms with van der Waals surface area (Å²) in [6, 6.07) is 0. The molecule has 2 N–H and O–H groups in total. The maximum absolute atomic E-state index is 13.1. The third-order valence-electron chi connectivity index (χ3n) is 1.97. The summed E-state index contributed by atoms with van der Waals surface area (Å²) in [4.78, 5) is 4.73. The molecule has 0 aliphatic heterocycles. The van der Waals surface area contributed by atoms with Gasteiger partial charge in [-0.3, -0.25) is 0 Å². The Morgan fingerprint density at radius 3 is 3.00 bits per heavy atom. The van der Waals surface area contributed by atoms with E-state index in [9.17, 15) is 4.39 Å². The third-order valence-corrected chi connectivity index (χ3v) is 1.97. The lowest BCUT2D eigenvalue weighted by Gasteiger charge is -2.06. The fourth-order valence-corrected chi connectivity index (χ4v) is 1.12. The first-order chi connectivity index (χ1) is 6.74. The highest BCUT2D eigenvalue weighted by molar-refractivity contribution is 5.39. The summed E-state index contributed by atoms with van der Waals surface area (Å²) >= 11 is 0. The van der Waals surface area contributed by atoms with Crippen LogP contribution in [0.4, 0.5) is 4.39 Å². The van der Waals surface area contributed by atoms with Gasteiger partial charge >= 0.3 is 0 Å². The zero-order valence-corrected chi connectivity index (χ0v) is 8.46. The molecule has 76 valence electrons. The van der Waals surface area contributed by atoms with Gasteiger partial charge in [-0.2, -0.15) is 5.48 Å². The van der Waals surface area contributed by atoms with Gasteiger partial charge in [0.25, 0.3) is 0 Å². The topological polar surface area (TPSA) is 25.8 Å². The van der Waals surface area contributed by atoms with Crippen LogP contribution in [-0.2, 0) is 4.84 Å². The minimum atomic E-state index is -0.147. The van der Waals surface area contributed by atoms with E-state index in [2.05, 4.69) is 0 Å². The monoisotopic (exact) mass is 196 g/mol. The zero-order valence-electron chi connectivity index (χ0n) is 8.46. The van der Waals surface area contributed by atoms with E-state index in [1.807, 2.05) is 18.2 Å². The third kappa shape index (κ3) is 3.28. The Morgan fingerprint density at radius 1 is 1.57 bits per heavy atom. The Bertz CT molecular complexity index is 313. The molecule has 0 saturated carbocycles. The first-order valence-corrected chi connectivity index (χ1v) is 4.50. The van der Waals surface area contributed by atoms with E-state index in [1.165, 1.54) is 0 Å². The van der Waals surface area contributed by atoms with Crippen LogP contribution < -0.4 is 5.48 Å². The standard InChI is InChI=1S/C11H14FNO/c1-9-5-6-10(8-11(9)12)4-3-7-13-14-2/h3-5,7-8,13H,6H2,1-2H3/p+1/b7-3-,10-4+. The predicted octanol–water partition coefficient (Wildman–Crippen LogP) is 1.75. The van der Waals surface area contributed by atoms with Gasteiger partial charge in [0.15, 0.2) is 0 Å². The lowest BCUT2D eigenvalue weighted by molar-refractivity contribution is -0.842. The van der Waals surface area contributed by atoms with Gasteiger partial charge in [-0.15, -0.1) is 0 Å². The SMILES string of the molecule is CO[NH2+]/C=C\C=C1\C=C(F)C(C)=CC1. The van der Waals surface area contributed by atoms with Gasteiger partial charge in [-0.05, 0) is 36.6 Å². The summed E-state index contributed by atoms with van der Waals surface area (Å²) in [7, 11) is 1.59. The molecule has 3 heteroatoms. The molecule has 0 amide bonds. The van der Waals surface area contributed by atoms with E-state index in [0.717, 1.165) is 17.6 Å². The van der Waals surface area contributed by atoms with Crippen LogP contribution in [0.1, 0.15) is 13.3 Å². The minimum absolute atomic E-state index is 0.147. The Hall–Kier alpha value is -1.19. The average molecular weight is 196 g/mol. The lowest BCUT2D eigenvalue weighted by atomic mass is 10.0. The highest BCUT2D eigenvalue weighted by Gasteiger charge is 2.05. The Balaban J connectivity index is 2.56. The highest BCUT2D eigenvalue weighted by atomic mass is 19.1. The Kier molecular flexibility index (Phi) is 4.29. The molecule has 1 rings (SSSR count). The number of rotatable bonds is 3. The number of hydrogen-bond donors (Lipinski definition) is 1. The molecule has 0 saturated heterocycles. The van der Waals surface area contributed by atoms with E-state index in [4.69, 9.17) is 4.84 Å². The number of nitrogens with two attached hydrogens (primary N) is 1. The number of hydroxylamine groups is 1. The molecular weight excluding hydrogens is 181 g/mol. The summed E-state index contributed by atoms with van der Waals surface area (Å²) in [6.07, 6.45) is 9.71. The van der Waals surface area contributed by atoms with E-state index in [0.29, 0.717) is 0 Å². The quantitative estimate of drug-likeness (QED) is 0.684. The van der Waals surface area contributed by atoms with Crippen molar-refractivity contribution in [2.45, 2.75) is 13.3 Å². The molecule has 0 atom stereocenters. The van der Waals surface area contributed by atoms with Gasteiger partial charge in [0, 0.05) is 0 Å². The molecule has 14 heavy (non-hydrogen) atoms. The molecule has 0 aromatic carbocycles. The fourth-order valence-electron chi connectivity index (χ4n) is 1.12. The summed E-state index contributed by atoms with van der Waals surface area (Å²) in [5, 5.41) is 0. The van der Waals surface area contributed by atoms with Gasteiger partial charge in [0.1, 0.15) is 12.0 Å². The maximum Gasteiger partial charge on any atom is 0.126 e. The molecule has 0 fully saturated rings. The number of hydrogen-bond acceptors (Lipinski definition) is 1. The molecule has 0 heterocycles. The van der Waals surface area contributed by atoms with Crippen LogP contribution in [0.2, 0.25) is 0 Å². The lowest BCUT2D eigenvalue weighted by Crippen LogP contribution is -2.75. The highest BCUT2D eigenvalue weighted by Crippen LogP contribution is 2.22. The minimum Gasteiger partial charge on any atom is -0.207 e. The molecule has 0 radical (unpaired) electrons. The first-order valence-electron chi connectivity index (χ1n) is 4.50. The summed E-state index contributed by atoms with van der Waals surface area (Å²) in [5.41, 5.74) is 3.25. The van der Waals surface area contributed by atoms with E-state index < -0.39 is 0 Å². The van der Waals surface area contributed by atoms with Crippen molar-refractivity contribution in [2.24, 2.45) is 0 Å². The predicted molar refractivity (Wildman–Crippen MR) is 53.7 cm³/mol. The molecule has 0 bridgehead atoms. The number of quaternary nitrogens is 1. The second kappa shape index (κ2) is 5.52. The second-order valence-corrected chi connectivity index (χ2v) is 3.08. The first kappa shape index (κ1) is 10.9.